The predicted octanol–water partition coefficient (Wildman–Crippen LogP) is 2.60. The third-order valence-corrected chi connectivity index (χ3v) is 3.99. The van der Waals surface area contributed by atoms with Gasteiger partial charge in [0.2, 0.25) is 5.89 Å². The van der Waals surface area contributed by atoms with E-state index < -0.39 is 9.84 Å². The first kappa shape index (κ1) is 12.7. The van der Waals surface area contributed by atoms with Crippen molar-refractivity contribution >= 4 is 20.9 Å². The van der Waals surface area contributed by atoms with E-state index in [9.17, 15) is 13.5 Å². The number of hydrogen-bond donors (Lipinski definition) is 1. The van der Waals surface area contributed by atoms with Gasteiger partial charge in [0.25, 0.3) is 0 Å². The minimum absolute atomic E-state index is 0.113. The lowest BCUT2D eigenvalue weighted by molar-refractivity contribution is 0.475. The number of aromatic hydroxyl groups is 1. The van der Waals surface area contributed by atoms with Crippen molar-refractivity contribution in [2.75, 3.05) is 6.26 Å². The van der Waals surface area contributed by atoms with Gasteiger partial charge in [0.05, 0.1) is 4.90 Å². The minimum atomic E-state index is -3.28. The molecule has 0 unspecified atom stereocenters. The molecule has 0 atom stereocenters. The first-order valence-electron chi connectivity index (χ1n) is 5.83. The molecule has 0 aliphatic rings. The highest BCUT2D eigenvalue weighted by atomic mass is 32.2. The molecule has 0 saturated carbocycles. The van der Waals surface area contributed by atoms with Gasteiger partial charge in [0.15, 0.2) is 15.4 Å². The molecule has 0 amide bonds. The van der Waals surface area contributed by atoms with Crippen molar-refractivity contribution in [2.24, 2.45) is 0 Å². The van der Waals surface area contributed by atoms with Crippen LogP contribution in [0.2, 0.25) is 0 Å². The zero-order chi connectivity index (χ0) is 14.3. The van der Waals surface area contributed by atoms with Crippen LogP contribution in [0.5, 0.6) is 5.75 Å². The normalized spacial score (nSPS) is 11.8. The number of fused-ring (bicyclic) bond motifs is 1. The number of rotatable bonds is 2. The van der Waals surface area contributed by atoms with Gasteiger partial charge in [-0.1, -0.05) is 6.07 Å². The Morgan fingerprint density at radius 2 is 1.95 bits per heavy atom. The zero-order valence-corrected chi connectivity index (χ0v) is 11.4. The molecule has 0 radical (unpaired) electrons. The van der Waals surface area contributed by atoms with Gasteiger partial charge in [0, 0.05) is 11.8 Å². The molecule has 102 valence electrons. The summed E-state index contributed by atoms with van der Waals surface area (Å²) in [4.78, 5) is 4.45. The molecule has 0 fully saturated rings. The van der Waals surface area contributed by atoms with Gasteiger partial charge < -0.3 is 9.52 Å². The molecule has 0 spiro atoms. The Bertz CT molecular complexity index is 896. The average molecular weight is 289 g/mol. The van der Waals surface area contributed by atoms with E-state index in [4.69, 9.17) is 4.42 Å². The van der Waals surface area contributed by atoms with Crippen LogP contribution in [0.1, 0.15) is 0 Å². The van der Waals surface area contributed by atoms with Crippen molar-refractivity contribution in [1.29, 1.82) is 0 Å². The van der Waals surface area contributed by atoms with Gasteiger partial charge in [-0.25, -0.2) is 13.4 Å². The van der Waals surface area contributed by atoms with Gasteiger partial charge in [-0.15, -0.1) is 0 Å². The molecular weight excluding hydrogens is 278 g/mol. The Hall–Kier alpha value is -2.34. The number of hydrogen-bond acceptors (Lipinski definition) is 5. The molecule has 2 aromatic carbocycles. The van der Waals surface area contributed by atoms with E-state index >= 15 is 0 Å². The topological polar surface area (TPSA) is 80.4 Å². The number of nitrogens with zero attached hydrogens (tertiary/aromatic N) is 1. The summed E-state index contributed by atoms with van der Waals surface area (Å²) in [6.45, 7) is 0. The minimum Gasteiger partial charge on any atom is -0.508 e. The van der Waals surface area contributed by atoms with Crippen molar-refractivity contribution in [3.05, 3.63) is 42.5 Å². The van der Waals surface area contributed by atoms with E-state index in [1.165, 1.54) is 18.2 Å². The predicted molar refractivity (Wildman–Crippen MR) is 74.2 cm³/mol. The van der Waals surface area contributed by atoms with Gasteiger partial charge in [-0.05, 0) is 36.4 Å². The van der Waals surface area contributed by atoms with E-state index in [-0.39, 0.29) is 10.6 Å². The summed E-state index contributed by atoms with van der Waals surface area (Å²) < 4.78 is 28.6. The Balaban J connectivity index is 2.16. The summed E-state index contributed by atoms with van der Waals surface area (Å²) in [7, 11) is -3.28. The smallest absolute Gasteiger partial charge is 0.227 e. The summed E-state index contributed by atoms with van der Waals surface area (Å²) in [6.07, 6.45) is 1.14. The van der Waals surface area contributed by atoms with Crippen molar-refractivity contribution in [3.63, 3.8) is 0 Å². The molecule has 1 aromatic heterocycles. The molecule has 20 heavy (non-hydrogen) atoms. The Labute approximate surface area is 115 Å². The van der Waals surface area contributed by atoms with Gasteiger partial charge in [-0.2, -0.15) is 0 Å². The molecule has 0 aliphatic heterocycles. The van der Waals surface area contributed by atoms with Gasteiger partial charge in [-0.3, -0.25) is 0 Å². The van der Waals surface area contributed by atoms with E-state index in [0.717, 1.165) is 6.26 Å². The largest absolute Gasteiger partial charge is 0.508 e. The van der Waals surface area contributed by atoms with E-state index in [1.54, 1.807) is 24.3 Å². The highest BCUT2D eigenvalue weighted by Crippen LogP contribution is 2.27. The number of phenolic OH excluding ortho intramolecular Hbond substituents is 1. The first-order chi connectivity index (χ1) is 9.43. The monoisotopic (exact) mass is 289 g/mol. The van der Waals surface area contributed by atoms with E-state index in [2.05, 4.69) is 4.98 Å². The average Bonchev–Trinajstić information content (AvgIpc) is 2.80. The molecule has 3 aromatic rings. The summed E-state index contributed by atoms with van der Waals surface area (Å²) in [5.74, 6) is 0.447. The standard InChI is InChI=1S/C14H11NO4S/c1-20(17,18)11-5-6-13-12(8-11)15-14(19-13)9-3-2-4-10(16)7-9/h2-8,16H,1H3. The number of sulfone groups is 1. The summed E-state index contributed by atoms with van der Waals surface area (Å²) in [5, 5.41) is 9.45. The van der Waals surface area contributed by atoms with Crippen molar-refractivity contribution in [2.45, 2.75) is 4.90 Å². The Kier molecular flexibility index (Phi) is 2.76. The highest BCUT2D eigenvalue weighted by Gasteiger charge is 2.13. The second-order valence-corrected chi connectivity index (χ2v) is 6.49. The van der Waals surface area contributed by atoms with E-state index in [0.29, 0.717) is 22.6 Å². The lowest BCUT2D eigenvalue weighted by Gasteiger charge is -1.95. The molecule has 1 heterocycles. The number of benzene rings is 2. The fourth-order valence-corrected chi connectivity index (χ4v) is 2.54. The molecule has 1 N–H and O–H groups in total. The number of aromatic nitrogens is 1. The highest BCUT2D eigenvalue weighted by molar-refractivity contribution is 7.90. The molecule has 5 nitrogen and oxygen atoms in total. The second kappa shape index (κ2) is 4.35. The van der Waals surface area contributed by atoms with Crippen LogP contribution < -0.4 is 0 Å². The molecule has 0 aliphatic carbocycles. The molecule has 6 heteroatoms. The van der Waals surface area contributed by atoms with Crippen molar-refractivity contribution in [1.82, 2.24) is 4.98 Å². The molecule has 3 rings (SSSR count). The van der Waals surface area contributed by atoms with E-state index in [1.807, 2.05) is 0 Å². The van der Waals surface area contributed by atoms with Crippen LogP contribution >= 0.6 is 0 Å². The number of oxazole rings is 1. The third-order valence-electron chi connectivity index (χ3n) is 2.88. The molecular formula is C14H11NO4S. The fourth-order valence-electron chi connectivity index (χ4n) is 1.90. The Morgan fingerprint density at radius 1 is 1.15 bits per heavy atom. The van der Waals surface area contributed by atoms with Crippen LogP contribution in [0.25, 0.3) is 22.6 Å². The second-order valence-electron chi connectivity index (χ2n) is 4.47. The zero-order valence-electron chi connectivity index (χ0n) is 10.6. The lowest BCUT2D eigenvalue weighted by atomic mass is 10.2. The first-order valence-corrected chi connectivity index (χ1v) is 7.73. The maximum absolute atomic E-state index is 11.5. The third kappa shape index (κ3) is 2.25. The van der Waals surface area contributed by atoms with Crippen LogP contribution in [0.3, 0.4) is 0 Å². The van der Waals surface area contributed by atoms with Crippen LogP contribution in [0, 0.1) is 0 Å². The lowest BCUT2D eigenvalue weighted by Crippen LogP contribution is -1.95. The molecule has 0 saturated heterocycles. The van der Waals surface area contributed by atoms with Gasteiger partial charge in [0.1, 0.15) is 11.3 Å². The van der Waals surface area contributed by atoms with Crippen molar-refractivity contribution < 1.29 is 17.9 Å². The van der Waals surface area contributed by atoms with Crippen LogP contribution in [-0.2, 0) is 9.84 Å². The quantitative estimate of drug-likeness (QED) is 0.784. The van der Waals surface area contributed by atoms with Crippen LogP contribution in [0.4, 0.5) is 0 Å². The summed E-state index contributed by atoms with van der Waals surface area (Å²) in [5.41, 5.74) is 1.59. The fraction of sp³-hybridized carbons (Fsp3) is 0.0714. The maximum Gasteiger partial charge on any atom is 0.227 e. The van der Waals surface area contributed by atoms with Crippen LogP contribution in [-0.4, -0.2) is 24.8 Å². The SMILES string of the molecule is CS(=O)(=O)c1ccc2oc(-c3cccc(O)c3)nc2c1. The maximum atomic E-state index is 11.5. The molecule has 0 bridgehead atoms. The van der Waals surface area contributed by atoms with Crippen molar-refractivity contribution in [3.8, 4) is 17.2 Å². The number of phenols is 1. The summed E-state index contributed by atoms with van der Waals surface area (Å²) >= 11 is 0. The van der Waals surface area contributed by atoms with Gasteiger partial charge >= 0.3 is 0 Å². The van der Waals surface area contributed by atoms with Crippen LogP contribution in [0.15, 0.2) is 51.8 Å². The summed E-state index contributed by atoms with van der Waals surface area (Å²) in [6, 6.07) is 11.0. The Morgan fingerprint density at radius 3 is 2.65 bits per heavy atom.